The van der Waals surface area contributed by atoms with Crippen LogP contribution in [0.15, 0.2) is 24.3 Å². The minimum atomic E-state index is -0.356. The molecule has 1 aromatic heterocycles. The lowest BCUT2D eigenvalue weighted by Crippen LogP contribution is -2.40. The van der Waals surface area contributed by atoms with Gasteiger partial charge in [-0.05, 0) is 36.5 Å². The number of nitrogens with one attached hydrogen (secondary N) is 2. The second kappa shape index (κ2) is 13.0. The van der Waals surface area contributed by atoms with Crippen molar-refractivity contribution in [2.75, 3.05) is 27.4 Å². The van der Waals surface area contributed by atoms with E-state index in [2.05, 4.69) is 29.6 Å². The van der Waals surface area contributed by atoms with Crippen molar-refractivity contribution in [2.24, 2.45) is 11.8 Å². The minimum absolute atomic E-state index is 0.129. The van der Waals surface area contributed by atoms with Gasteiger partial charge in [-0.3, -0.25) is 14.3 Å². The summed E-state index contributed by atoms with van der Waals surface area (Å²) < 4.78 is 12.9. The number of ether oxygens (including phenoxy) is 2. The highest BCUT2D eigenvalue weighted by Crippen LogP contribution is 2.38. The van der Waals surface area contributed by atoms with E-state index >= 15 is 0 Å². The van der Waals surface area contributed by atoms with Gasteiger partial charge in [-0.2, -0.15) is 5.10 Å². The molecule has 0 unspecified atom stereocenters. The van der Waals surface area contributed by atoms with E-state index in [4.69, 9.17) is 14.6 Å². The van der Waals surface area contributed by atoms with Gasteiger partial charge in [0.25, 0.3) is 5.91 Å². The first kappa shape index (κ1) is 27.2. The van der Waals surface area contributed by atoms with Gasteiger partial charge in [-0.1, -0.05) is 33.8 Å². The lowest BCUT2D eigenvalue weighted by atomic mass is 10.0. The lowest BCUT2D eigenvalue weighted by Gasteiger charge is -2.19. The average molecular weight is 475 g/mol. The number of carbonyl (C=O) groups is 2. The fraction of sp³-hybridized carbons (Fsp3) is 0.560. The molecule has 0 saturated heterocycles. The number of benzene rings is 1. The van der Waals surface area contributed by atoms with Crippen molar-refractivity contribution in [1.82, 2.24) is 20.4 Å². The van der Waals surface area contributed by atoms with Gasteiger partial charge in [0.2, 0.25) is 5.91 Å². The van der Waals surface area contributed by atoms with Gasteiger partial charge in [0, 0.05) is 25.6 Å². The van der Waals surface area contributed by atoms with Gasteiger partial charge >= 0.3 is 0 Å². The van der Waals surface area contributed by atoms with Crippen molar-refractivity contribution in [3.63, 3.8) is 0 Å². The molecule has 34 heavy (non-hydrogen) atoms. The molecule has 1 aromatic carbocycles. The predicted octanol–water partition coefficient (Wildman–Crippen LogP) is 2.87. The standard InChI is InChI=1S/C25H38N4O5/c1-16(2)12-18(13-23(31)26-10-11-30)27-25(32)19-14-20(29(28-19)15-17(3)4)24-21(33-5)8-7-9-22(24)34-6/h7-9,14,16-18,30H,10-13,15H2,1-6H3,(H,26,31)(H,27,32)/t18-/m0/s1. The van der Waals surface area contributed by atoms with Crippen LogP contribution in [0.3, 0.4) is 0 Å². The second-order valence-corrected chi connectivity index (χ2v) is 9.11. The summed E-state index contributed by atoms with van der Waals surface area (Å²) in [6, 6.07) is 6.90. The molecule has 0 saturated carbocycles. The van der Waals surface area contributed by atoms with Crippen LogP contribution in [0, 0.1) is 11.8 Å². The molecule has 2 amide bonds. The van der Waals surface area contributed by atoms with Crippen LogP contribution < -0.4 is 20.1 Å². The molecule has 1 heterocycles. The first-order chi connectivity index (χ1) is 16.2. The Morgan fingerprint density at radius 1 is 1.09 bits per heavy atom. The Labute approximate surface area is 201 Å². The minimum Gasteiger partial charge on any atom is -0.496 e. The molecule has 188 valence electrons. The molecule has 0 aliphatic carbocycles. The zero-order valence-corrected chi connectivity index (χ0v) is 21.1. The molecule has 0 fully saturated rings. The molecular weight excluding hydrogens is 436 g/mol. The number of aliphatic hydroxyl groups is 1. The number of methoxy groups -OCH3 is 2. The topological polar surface area (TPSA) is 115 Å². The number of aromatic nitrogens is 2. The van der Waals surface area contributed by atoms with Crippen molar-refractivity contribution < 1.29 is 24.2 Å². The molecule has 0 aliphatic rings. The third kappa shape index (κ3) is 7.48. The summed E-state index contributed by atoms with van der Waals surface area (Å²) in [7, 11) is 3.18. The quantitative estimate of drug-likeness (QED) is 0.411. The van der Waals surface area contributed by atoms with Gasteiger partial charge < -0.3 is 25.2 Å². The number of hydrogen-bond donors (Lipinski definition) is 3. The number of hydrogen-bond acceptors (Lipinski definition) is 6. The van der Waals surface area contributed by atoms with Crippen molar-refractivity contribution in [3.8, 4) is 22.8 Å². The van der Waals surface area contributed by atoms with Crippen LogP contribution in [-0.4, -0.2) is 60.1 Å². The van der Waals surface area contributed by atoms with E-state index in [0.29, 0.717) is 36.1 Å². The summed E-state index contributed by atoms with van der Waals surface area (Å²) >= 11 is 0. The first-order valence-electron chi connectivity index (χ1n) is 11.7. The van der Waals surface area contributed by atoms with Crippen molar-refractivity contribution >= 4 is 11.8 Å². The Bertz CT molecular complexity index is 933. The largest absolute Gasteiger partial charge is 0.496 e. The highest BCUT2D eigenvalue weighted by atomic mass is 16.5. The zero-order chi connectivity index (χ0) is 25.3. The van der Waals surface area contributed by atoms with Crippen LogP contribution in [0.4, 0.5) is 0 Å². The summed E-state index contributed by atoms with van der Waals surface area (Å²) in [5.74, 6) is 1.24. The fourth-order valence-corrected chi connectivity index (χ4v) is 3.83. The number of nitrogens with zero attached hydrogens (tertiary/aromatic N) is 2. The third-order valence-electron chi connectivity index (χ3n) is 5.19. The van der Waals surface area contributed by atoms with Crippen LogP contribution in [0.2, 0.25) is 0 Å². The molecule has 0 radical (unpaired) electrons. The highest BCUT2D eigenvalue weighted by Gasteiger charge is 2.24. The van der Waals surface area contributed by atoms with Crippen molar-refractivity contribution in [3.05, 3.63) is 30.0 Å². The second-order valence-electron chi connectivity index (χ2n) is 9.11. The van der Waals surface area contributed by atoms with E-state index in [1.54, 1.807) is 25.0 Å². The maximum Gasteiger partial charge on any atom is 0.272 e. The molecule has 9 heteroatoms. The Morgan fingerprint density at radius 2 is 1.74 bits per heavy atom. The maximum absolute atomic E-state index is 13.2. The first-order valence-corrected chi connectivity index (χ1v) is 11.7. The van der Waals surface area contributed by atoms with Gasteiger partial charge in [-0.25, -0.2) is 0 Å². The van der Waals surface area contributed by atoms with Gasteiger partial charge in [0.05, 0.1) is 32.1 Å². The third-order valence-corrected chi connectivity index (χ3v) is 5.19. The Kier molecular flexibility index (Phi) is 10.4. The summed E-state index contributed by atoms with van der Waals surface area (Å²) in [5.41, 5.74) is 1.70. The Hall–Kier alpha value is -3.07. The maximum atomic E-state index is 13.2. The summed E-state index contributed by atoms with van der Waals surface area (Å²) in [6.45, 7) is 8.88. The van der Waals surface area contributed by atoms with Gasteiger partial charge in [0.15, 0.2) is 5.69 Å². The van der Waals surface area contributed by atoms with Crippen LogP contribution in [0.25, 0.3) is 11.3 Å². The van der Waals surface area contributed by atoms with E-state index in [9.17, 15) is 9.59 Å². The molecular formula is C25H38N4O5. The van der Waals surface area contributed by atoms with Crippen LogP contribution in [0.1, 0.15) is 51.0 Å². The SMILES string of the molecule is COc1cccc(OC)c1-c1cc(C(=O)N[C@H](CC(=O)NCCO)CC(C)C)nn1CC(C)C. The smallest absolute Gasteiger partial charge is 0.272 e. The van der Waals surface area contributed by atoms with Crippen LogP contribution >= 0.6 is 0 Å². The molecule has 9 nitrogen and oxygen atoms in total. The zero-order valence-electron chi connectivity index (χ0n) is 21.1. The van der Waals surface area contributed by atoms with Crippen LogP contribution in [0.5, 0.6) is 11.5 Å². The number of aliphatic hydroxyl groups excluding tert-OH is 1. The molecule has 1 atom stereocenters. The Morgan fingerprint density at radius 3 is 2.26 bits per heavy atom. The number of carbonyl (C=O) groups excluding carboxylic acids is 2. The molecule has 0 spiro atoms. The molecule has 0 aliphatic heterocycles. The molecule has 0 bridgehead atoms. The van der Waals surface area contributed by atoms with E-state index in [0.717, 1.165) is 5.56 Å². The summed E-state index contributed by atoms with van der Waals surface area (Å²) in [5, 5.41) is 19.2. The van der Waals surface area contributed by atoms with Crippen molar-refractivity contribution in [2.45, 2.75) is 53.1 Å². The Balaban J connectivity index is 2.39. The van der Waals surface area contributed by atoms with E-state index < -0.39 is 0 Å². The average Bonchev–Trinajstić information content (AvgIpc) is 3.19. The monoisotopic (exact) mass is 474 g/mol. The fourth-order valence-electron chi connectivity index (χ4n) is 3.83. The predicted molar refractivity (Wildman–Crippen MR) is 131 cm³/mol. The molecule has 2 rings (SSSR count). The summed E-state index contributed by atoms with van der Waals surface area (Å²) in [6.07, 6.45) is 0.766. The summed E-state index contributed by atoms with van der Waals surface area (Å²) in [4.78, 5) is 25.4. The van der Waals surface area contributed by atoms with Crippen LogP contribution in [-0.2, 0) is 11.3 Å². The normalized spacial score (nSPS) is 12.0. The van der Waals surface area contributed by atoms with E-state index in [1.807, 2.05) is 32.0 Å². The van der Waals surface area contributed by atoms with Gasteiger partial charge in [-0.15, -0.1) is 0 Å². The number of rotatable bonds is 13. The molecule has 3 N–H and O–H groups in total. The lowest BCUT2D eigenvalue weighted by molar-refractivity contribution is -0.121. The van der Waals surface area contributed by atoms with Gasteiger partial charge in [0.1, 0.15) is 11.5 Å². The number of amides is 2. The van der Waals surface area contributed by atoms with Crippen molar-refractivity contribution in [1.29, 1.82) is 0 Å². The highest BCUT2D eigenvalue weighted by molar-refractivity contribution is 5.94. The van der Waals surface area contributed by atoms with E-state index in [1.165, 1.54) is 0 Å². The van der Waals surface area contributed by atoms with E-state index in [-0.39, 0.29) is 49.0 Å². The molecule has 2 aromatic rings.